The molecule has 22 heavy (non-hydrogen) atoms. The van der Waals surface area contributed by atoms with Crippen LogP contribution in [-0.4, -0.2) is 30.9 Å². The topological polar surface area (TPSA) is 59.6 Å². The van der Waals surface area contributed by atoms with Crippen molar-refractivity contribution in [1.29, 1.82) is 0 Å². The normalized spacial score (nSPS) is 18.6. The predicted octanol–water partition coefficient (Wildman–Crippen LogP) is 3.82. The van der Waals surface area contributed by atoms with E-state index in [1.165, 1.54) is 0 Å². The van der Waals surface area contributed by atoms with Crippen molar-refractivity contribution in [2.75, 3.05) is 18.4 Å². The lowest BCUT2D eigenvalue weighted by Gasteiger charge is -2.24. The second-order valence-electron chi connectivity index (χ2n) is 6.35. The number of nitrogens with one attached hydrogen (secondary N) is 2. The van der Waals surface area contributed by atoms with E-state index in [2.05, 4.69) is 10.6 Å². The third kappa shape index (κ3) is 5.39. The van der Waals surface area contributed by atoms with Crippen LogP contribution in [0.25, 0.3) is 0 Å². The van der Waals surface area contributed by atoms with Crippen molar-refractivity contribution < 1.29 is 14.3 Å². The minimum Gasteiger partial charge on any atom is -0.489 e. The fourth-order valence-electron chi connectivity index (χ4n) is 2.20. The van der Waals surface area contributed by atoms with Gasteiger partial charge in [-0.2, -0.15) is 0 Å². The van der Waals surface area contributed by atoms with Gasteiger partial charge in [-0.25, -0.2) is 4.79 Å². The molecule has 0 radical (unpaired) electrons. The van der Waals surface area contributed by atoms with Crippen LogP contribution in [0.4, 0.5) is 10.5 Å². The quantitative estimate of drug-likeness (QED) is 0.886. The first-order valence-electron chi connectivity index (χ1n) is 7.50. The highest BCUT2D eigenvalue weighted by atomic mass is 35.5. The Balaban J connectivity index is 1.95. The maximum atomic E-state index is 11.8. The van der Waals surface area contributed by atoms with Crippen molar-refractivity contribution in [1.82, 2.24) is 5.32 Å². The number of benzene rings is 1. The van der Waals surface area contributed by atoms with Gasteiger partial charge in [-0.05, 0) is 52.3 Å². The number of anilines is 1. The summed E-state index contributed by atoms with van der Waals surface area (Å²) in [6.45, 7) is 7.31. The summed E-state index contributed by atoms with van der Waals surface area (Å²) in [7, 11) is 0. The molecule has 1 aromatic carbocycles. The fourth-order valence-corrected chi connectivity index (χ4v) is 2.41. The molecule has 1 unspecified atom stereocenters. The first kappa shape index (κ1) is 16.9. The highest BCUT2D eigenvalue weighted by molar-refractivity contribution is 6.33. The van der Waals surface area contributed by atoms with Gasteiger partial charge in [0.1, 0.15) is 17.5 Å². The standard InChI is InChI=1S/C16H23ClN2O3/c1-16(2,3)22-15(20)19-14-7-6-11(9-13(14)17)21-12-5-4-8-18-10-12/h6-7,9,12,18H,4-5,8,10H2,1-3H3,(H,19,20). The first-order valence-corrected chi connectivity index (χ1v) is 7.88. The number of carbonyl (C=O) groups excluding carboxylic acids is 1. The zero-order chi connectivity index (χ0) is 16.2. The maximum Gasteiger partial charge on any atom is 0.412 e. The second-order valence-corrected chi connectivity index (χ2v) is 6.76. The lowest BCUT2D eigenvalue weighted by atomic mass is 10.1. The van der Waals surface area contributed by atoms with E-state index < -0.39 is 11.7 Å². The van der Waals surface area contributed by atoms with Crippen LogP contribution < -0.4 is 15.4 Å². The number of ether oxygens (including phenoxy) is 2. The van der Waals surface area contributed by atoms with Gasteiger partial charge in [0.2, 0.25) is 0 Å². The van der Waals surface area contributed by atoms with Crippen molar-refractivity contribution in [3.8, 4) is 5.75 Å². The summed E-state index contributed by atoms with van der Waals surface area (Å²) in [5.74, 6) is 0.702. The number of piperidine rings is 1. The smallest absolute Gasteiger partial charge is 0.412 e. The van der Waals surface area contributed by atoms with Gasteiger partial charge in [0.15, 0.2) is 0 Å². The van der Waals surface area contributed by atoms with Gasteiger partial charge in [-0.3, -0.25) is 5.32 Å². The monoisotopic (exact) mass is 326 g/mol. The van der Waals surface area contributed by atoms with Crippen molar-refractivity contribution in [2.24, 2.45) is 0 Å². The molecule has 1 heterocycles. The minimum atomic E-state index is -0.548. The molecule has 2 N–H and O–H groups in total. The van der Waals surface area contributed by atoms with E-state index in [1.807, 2.05) is 20.8 Å². The van der Waals surface area contributed by atoms with Crippen molar-refractivity contribution >= 4 is 23.4 Å². The van der Waals surface area contributed by atoms with E-state index in [9.17, 15) is 4.79 Å². The summed E-state index contributed by atoms with van der Waals surface area (Å²) in [4.78, 5) is 11.8. The number of rotatable bonds is 3. The van der Waals surface area contributed by atoms with E-state index in [1.54, 1.807) is 18.2 Å². The maximum absolute atomic E-state index is 11.8. The molecule has 1 aliphatic heterocycles. The van der Waals surface area contributed by atoms with E-state index in [4.69, 9.17) is 21.1 Å². The van der Waals surface area contributed by atoms with Crippen LogP contribution in [0.2, 0.25) is 5.02 Å². The minimum absolute atomic E-state index is 0.162. The molecule has 0 saturated carbocycles. The molecule has 0 aromatic heterocycles. The van der Waals surface area contributed by atoms with Gasteiger partial charge in [0, 0.05) is 12.6 Å². The SMILES string of the molecule is CC(C)(C)OC(=O)Nc1ccc(OC2CCCNC2)cc1Cl. The lowest BCUT2D eigenvalue weighted by molar-refractivity contribution is 0.0636. The van der Waals surface area contributed by atoms with Crippen molar-refractivity contribution in [3.63, 3.8) is 0 Å². The average Bonchev–Trinajstić information content (AvgIpc) is 2.41. The van der Waals surface area contributed by atoms with Crippen LogP contribution in [0.1, 0.15) is 33.6 Å². The number of amides is 1. The van der Waals surface area contributed by atoms with Crippen LogP contribution in [0.5, 0.6) is 5.75 Å². The lowest BCUT2D eigenvalue weighted by Crippen LogP contribution is -2.37. The van der Waals surface area contributed by atoms with Crippen LogP contribution >= 0.6 is 11.6 Å². The Morgan fingerprint density at radius 2 is 2.18 bits per heavy atom. The zero-order valence-electron chi connectivity index (χ0n) is 13.2. The molecule has 1 saturated heterocycles. The van der Waals surface area contributed by atoms with Gasteiger partial charge >= 0.3 is 6.09 Å². The summed E-state index contributed by atoms with van der Waals surface area (Å²) >= 11 is 6.20. The molecule has 1 aliphatic rings. The number of carbonyl (C=O) groups is 1. The zero-order valence-corrected chi connectivity index (χ0v) is 14.0. The van der Waals surface area contributed by atoms with Gasteiger partial charge in [0.05, 0.1) is 10.7 Å². The van der Waals surface area contributed by atoms with Crippen LogP contribution in [-0.2, 0) is 4.74 Å². The second kappa shape index (κ2) is 7.20. The Kier molecular flexibility index (Phi) is 5.53. The van der Waals surface area contributed by atoms with Crippen molar-refractivity contribution in [3.05, 3.63) is 23.2 Å². The summed E-state index contributed by atoms with van der Waals surface area (Å²) in [6.07, 6.45) is 1.77. The van der Waals surface area contributed by atoms with E-state index >= 15 is 0 Å². The molecule has 0 spiro atoms. The molecule has 5 nitrogen and oxygen atoms in total. The summed E-state index contributed by atoms with van der Waals surface area (Å²) in [6, 6.07) is 5.23. The Hall–Kier alpha value is -1.46. The number of hydrogen-bond donors (Lipinski definition) is 2. The van der Waals surface area contributed by atoms with Gasteiger partial charge in [-0.1, -0.05) is 11.6 Å². The number of hydrogen-bond acceptors (Lipinski definition) is 4. The molecule has 6 heteroatoms. The van der Waals surface area contributed by atoms with Crippen molar-refractivity contribution in [2.45, 2.75) is 45.3 Å². The van der Waals surface area contributed by atoms with Crippen LogP contribution in [0, 0.1) is 0 Å². The summed E-state index contributed by atoms with van der Waals surface area (Å²) in [5.41, 5.74) is -0.0434. The van der Waals surface area contributed by atoms with E-state index in [0.717, 1.165) is 25.9 Å². The molecule has 2 rings (SSSR count). The molecule has 1 amide bonds. The fraction of sp³-hybridized carbons (Fsp3) is 0.562. The van der Waals surface area contributed by atoms with Gasteiger partial charge < -0.3 is 14.8 Å². The molecule has 1 aromatic rings. The molecule has 0 bridgehead atoms. The van der Waals surface area contributed by atoms with E-state index in [-0.39, 0.29) is 6.10 Å². The Labute approximate surface area is 136 Å². The molecular weight excluding hydrogens is 304 g/mol. The van der Waals surface area contributed by atoms with E-state index in [0.29, 0.717) is 16.5 Å². The molecule has 122 valence electrons. The third-order valence-corrected chi connectivity index (χ3v) is 3.44. The first-order chi connectivity index (χ1) is 10.3. The van der Waals surface area contributed by atoms with Gasteiger partial charge in [-0.15, -0.1) is 0 Å². The Bertz CT molecular complexity index is 523. The van der Waals surface area contributed by atoms with Crippen LogP contribution in [0.15, 0.2) is 18.2 Å². The largest absolute Gasteiger partial charge is 0.489 e. The predicted molar refractivity (Wildman–Crippen MR) is 87.8 cm³/mol. The molecule has 0 aliphatic carbocycles. The number of halogens is 1. The molecule has 1 fully saturated rings. The Morgan fingerprint density at radius 3 is 2.77 bits per heavy atom. The highest BCUT2D eigenvalue weighted by Crippen LogP contribution is 2.28. The van der Waals surface area contributed by atoms with Crippen LogP contribution in [0.3, 0.4) is 0 Å². The highest BCUT2D eigenvalue weighted by Gasteiger charge is 2.18. The third-order valence-electron chi connectivity index (χ3n) is 3.13. The molecule has 1 atom stereocenters. The molecular formula is C16H23ClN2O3. The van der Waals surface area contributed by atoms with Gasteiger partial charge in [0.25, 0.3) is 0 Å². The average molecular weight is 327 g/mol. The Morgan fingerprint density at radius 1 is 1.41 bits per heavy atom. The summed E-state index contributed by atoms with van der Waals surface area (Å²) < 4.78 is 11.1. The summed E-state index contributed by atoms with van der Waals surface area (Å²) in [5, 5.41) is 6.36.